The van der Waals surface area contributed by atoms with E-state index in [2.05, 4.69) is 5.10 Å². The van der Waals surface area contributed by atoms with E-state index < -0.39 is 0 Å². The highest BCUT2D eigenvalue weighted by Crippen LogP contribution is 2.17. The molecule has 0 bridgehead atoms. The third kappa shape index (κ3) is 3.33. The molecule has 0 unspecified atom stereocenters. The van der Waals surface area contributed by atoms with Gasteiger partial charge in [-0.1, -0.05) is 54.1 Å². The van der Waals surface area contributed by atoms with Crippen molar-refractivity contribution in [2.24, 2.45) is 0 Å². The highest BCUT2D eigenvalue weighted by Gasteiger charge is 2.18. The summed E-state index contributed by atoms with van der Waals surface area (Å²) in [6.07, 6.45) is 0. The van der Waals surface area contributed by atoms with Crippen molar-refractivity contribution in [3.05, 3.63) is 116 Å². The number of aromatic nitrogens is 4. The van der Waals surface area contributed by atoms with Crippen LogP contribution in [0.1, 0.15) is 11.1 Å². The van der Waals surface area contributed by atoms with E-state index >= 15 is 0 Å². The molecule has 2 heterocycles. The zero-order valence-corrected chi connectivity index (χ0v) is 17.0. The van der Waals surface area contributed by atoms with Crippen molar-refractivity contribution in [3.63, 3.8) is 0 Å². The molecule has 8 heteroatoms. The second-order valence-corrected chi connectivity index (χ2v) is 7.61. The van der Waals surface area contributed by atoms with Crippen LogP contribution in [0.25, 0.3) is 16.7 Å². The number of hydrogen-bond acceptors (Lipinski definition) is 3. The van der Waals surface area contributed by atoms with Gasteiger partial charge in [-0.25, -0.2) is 18.3 Å². The second-order valence-electron chi connectivity index (χ2n) is 7.20. The lowest BCUT2D eigenvalue weighted by Crippen LogP contribution is -2.27. The third-order valence-electron chi connectivity index (χ3n) is 5.22. The van der Waals surface area contributed by atoms with Crippen molar-refractivity contribution in [1.82, 2.24) is 18.7 Å². The van der Waals surface area contributed by atoms with Gasteiger partial charge in [0.15, 0.2) is 0 Å². The van der Waals surface area contributed by atoms with Crippen LogP contribution in [0.15, 0.2) is 82.4 Å². The summed E-state index contributed by atoms with van der Waals surface area (Å²) < 4.78 is 17.5. The summed E-state index contributed by atoms with van der Waals surface area (Å²) in [5, 5.41) is 5.40. The van der Waals surface area contributed by atoms with Crippen LogP contribution in [0.4, 0.5) is 4.39 Å². The molecule has 5 rings (SSSR count). The van der Waals surface area contributed by atoms with Gasteiger partial charge in [-0.3, -0.25) is 9.36 Å². The van der Waals surface area contributed by atoms with Gasteiger partial charge in [-0.2, -0.15) is 0 Å². The van der Waals surface area contributed by atoms with Gasteiger partial charge in [0.05, 0.1) is 24.0 Å². The summed E-state index contributed by atoms with van der Waals surface area (Å²) in [7, 11) is 0. The smallest absolute Gasteiger partial charge is 0.272 e. The summed E-state index contributed by atoms with van der Waals surface area (Å²) in [4.78, 5) is 26.5. The van der Waals surface area contributed by atoms with Crippen LogP contribution in [0.3, 0.4) is 0 Å². The minimum absolute atomic E-state index is 0.149. The van der Waals surface area contributed by atoms with Gasteiger partial charge < -0.3 is 0 Å². The van der Waals surface area contributed by atoms with E-state index in [1.54, 1.807) is 42.5 Å². The molecule has 0 radical (unpaired) electrons. The van der Waals surface area contributed by atoms with Crippen molar-refractivity contribution in [1.29, 1.82) is 0 Å². The zero-order chi connectivity index (χ0) is 21.5. The van der Waals surface area contributed by atoms with Crippen LogP contribution in [-0.2, 0) is 13.1 Å². The number of benzene rings is 3. The monoisotopic (exact) mass is 434 g/mol. The van der Waals surface area contributed by atoms with Gasteiger partial charge in [0.1, 0.15) is 5.82 Å². The Hall–Kier alpha value is -3.71. The SMILES string of the molecule is O=c1c2ccccc2n2c(=O)n(Cc3ccccc3Cl)nc2n1Cc1ccc(F)cc1. The number of para-hydroxylation sites is 1. The van der Waals surface area contributed by atoms with Crippen molar-refractivity contribution >= 4 is 28.3 Å². The lowest BCUT2D eigenvalue weighted by molar-refractivity contribution is 0.626. The van der Waals surface area contributed by atoms with E-state index in [4.69, 9.17) is 11.6 Å². The Labute approximate surface area is 180 Å². The fourth-order valence-electron chi connectivity index (χ4n) is 3.67. The summed E-state index contributed by atoms with van der Waals surface area (Å²) in [5.41, 5.74) is 1.29. The molecule has 0 saturated heterocycles. The summed E-state index contributed by atoms with van der Waals surface area (Å²) in [6.45, 7) is 0.315. The minimum atomic E-state index is -0.376. The molecule has 5 aromatic rings. The van der Waals surface area contributed by atoms with E-state index in [0.29, 0.717) is 21.5 Å². The number of hydrogen-bond donors (Lipinski definition) is 0. The van der Waals surface area contributed by atoms with Gasteiger partial charge in [-0.05, 0) is 41.5 Å². The van der Waals surface area contributed by atoms with Gasteiger partial charge >= 0.3 is 5.69 Å². The van der Waals surface area contributed by atoms with Crippen LogP contribution >= 0.6 is 11.6 Å². The fourth-order valence-corrected chi connectivity index (χ4v) is 3.87. The highest BCUT2D eigenvalue weighted by atomic mass is 35.5. The minimum Gasteiger partial charge on any atom is -0.272 e. The Kier molecular flexibility index (Phi) is 4.67. The van der Waals surface area contributed by atoms with E-state index in [0.717, 1.165) is 5.56 Å². The molecule has 154 valence electrons. The third-order valence-corrected chi connectivity index (χ3v) is 5.58. The van der Waals surface area contributed by atoms with Crippen molar-refractivity contribution < 1.29 is 4.39 Å². The Balaban J connectivity index is 1.76. The second kappa shape index (κ2) is 7.52. The maximum Gasteiger partial charge on any atom is 0.352 e. The molecule has 3 aromatic carbocycles. The zero-order valence-electron chi connectivity index (χ0n) is 16.2. The number of nitrogens with zero attached hydrogens (tertiary/aromatic N) is 4. The molecule has 0 saturated carbocycles. The summed E-state index contributed by atoms with van der Waals surface area (Å²) in [6, 6.07) is 20.0. The van der Waals surface area contributed by atoms with E-state index in [1.807, 2.05) is 18.2 Å². The lowest BCUT2D eigenvalue weighted by Gasteiger charge is -2.09. The molecule has 6 nitrogen and oxygen atoms in total. The fraction of sp³-hybridized carbons (Fsp3) is 0.0870. The molecule has 0 aliphatic rings. The predicted molar refractivity (Wildman–Crippen MR) is 117 cm³/mol. The maximum atomic E-state index is 13.3. The van der Waals surface area contributed by atoms with Crippen LogP contribution in [-0.4, -0.2) is 18.7 Å². The van der Waals surface area contributed by atoms with E-state index in [-0.39, 0.29) is 35.9 Å². The van der Waals surface area contributed by atoms with Crippen molar-refractivity contribution in [2.45, 2.75) is 13.1 Å². The molecular formula is C23H16ClFN4O2. The average Bonchev–Trinajstić information content (AvgIpc) is 3.10. The standard InChI is InChI=1S/C23H16ClFN4O2/c24-19-7-3-1-5-16(19)14-28-23(31)29-20-8-4-2-6-18(20)21(30)27(22(29)26-28)13-15-9-11-17(25)12-10-15/h1-12H,13-14H2. The molecule has 0 fully saturated rings. The Morgan fingerprint density at radius 2 is 1.58 bits per heavy atom. The first-order chi connectivity index (χ1) is 15.0. The molecule has 0 atom stereocenters. The first-order valence-corrected chi connectivity index (χ1v) is 10.00. The Morgan fingerprint density at radius 3 is 2.35 bits per heavy atom. The highest BCUT2D eigenvalue weighted by molar-refractivity contribution is 6.31. The first kappa shape index (κ1) is 19.3. The van der Waals surface area contributed by atoms with Gasteiger partial charge in [-0.15, -0.1) is 5.10 Å². The Morgan fingerprint density at radius 1 is 0.871 bits per heavy atom. The average molecular weight is 435 g/mol. The van der Waals surface area contributed by atoms with Crippen LogP contribution in [0, 0.1) is 5.82 Å². The van der Waals surface area contributed by atoms with Crippen molar-refractivity contribution in [2.75, 3.05) is 0 Å². The largest absolute Gasteiger partial charge is 0.352 e. The molecule has 0 aliphatic carbocycles. The number of fused-ring (bicyclic) bond motifs is 3. The van der Waals surface area contributed by atoms with Gasteiger partial charge in [0, 0.05) is 5.02 Å². The lowest BCUT2D eigenvalue weighted by atomic mass is 10.2. The van der Waals surface area contributed by atoms with E-state index in [9.17, 15) is 14.0 Å². The normalized spacial score (nSPS) is 11.4. The molecule has 2 aromatic heterocycles. The van der Waals surface area contributed by atoms with Crippen molar-refractivity contribution in [3.8, 4) is 0 Å². The molecule has 0 N–H and O–H groups in total. The predicted octanol–water partition coefficient (Wildman–Crippen LogP) is 3.70. The van der Waals surface area contributed by atoms with E-state index in [1.165, 1.54) is 25.8 Å². The first-order valence-electron chi connectivity index (χ1n) is 9.62. The molecule has 0 spiro atoms. The topological polar surface area (TPSA) is 61.3 Å². The number of halogens is 2. The van der Waals surface area contributed by atoms with Crippen LogP contribution in [0.5, 0.6) is 0 Å². The molecule has 0 amide bonds. The number of rotatable bonds is 4. The Bertz CT molecular complexity index is 1550. The summed E-state index contributed by atoms with van der Waals surface area (Å²) >= 11 is 6.26. The summed E-state index contributed by atoms with van der Waals surface area (Å²) in [5.74, 6) is -0.148. The molecule has 0 aliphatic heterocycles. The quantitative estimate of drug-likeness (QED) is 0.433. The molecular weight excluding hydrogens is 419 g/mol. The molecule has 31 heavy (non-hydrogen) atoms. The van der Waals surface area contributed by atoms with Gasteiger partial charge in [0.2, 0.25) is 5.78 Å². The maximum absolute atomic E-state index is 13.3. The van der Waals surface area contributed by atoms with Crippen LogP contribution in [0.2, 0.25) is 5.02 Å². The van der Waals surface area contributed by atoms with Gasteiger partial charge in [0.25, 0.3) is 5.56 Å². The van der Waals surface area contributed by atoms with Crippen LogP contribution < -0.4 is 11.2 Å².